The summed E-state index contributed by atoms with van der Waals surface area (Å²) in [5.41, 5.74) is 3.61. The largest absolute Gasteiger partial charge is 0.324 e. The maximum absolute atomic E-state index is 13.0. The van der Waals surface area contributed by atoms with E-state index in [9.17, 15) is 21.6 Å². The molecule has 0 aromatic heterocycles. The maximum Gasteiger partial charge on any atom is 0.261 e. The molecule has 35 heavy (non-hydrogen) atoms. The molecule has 3 aromatic carbocycles. The fraction of sp³-hybridized carbons (Fsp3) is 0.240. The summed E-state index contributed by atoms with van der Waals surface area (Å²) in [5.74, 6) is -0.551. The van der Waals surface area contributed by atoms with Gasteiger partial charge in [0, 0.05) is 5.69 Å². The third-order valence-electron chi connectivity index (χ3n) is 5.51. The number of hydrogen-bond acceptors (Lipinski definition) is 5. The Bertz CT molecular complexity index is 1450. The first-order valence-electron chi connectivity index (χ1n) is 10.9. The van der Waals surface area contributed by atoms with E-state index < -0.39 is 32.0 Å². The van der Waals surface area contributed by atoms with Crippen molar-refractivity contribution >= 4 is 43.0 Å². The molecule has 0 aliphatic rings. The summed E-state index contributed by atoms with van der Waals surface area (Å²) in [6, 6.07) is 17.0. The predicted octanol–water partition coefficient (Wildman–Crippen LogP) is 4.21. The van der Waals surface area contributed by atoms with Crippen molar-refractivity contribution in [2.45, 2.75) is 38.6 Å². The molecule has 8 nitrogen and oxygen atoms in total. The lowest BCUT2D eigenvalue weighted by molar-refractivity contribution is -0.116. The average molecular weight is 516 g/mol. The summed E-state index contributed by atoms with van der Waals surface area (Å²) in [6.45, 7) is 6.93. The molecule has 186 valence electrons. The van der Waals surface area contributed by atoms with Gasteiger partial charge >= 0.3 is 0 Å². The quantitative estimate of drug-likeness (QED) is 0.467. The Hall–Kier alpha value is -3.37. The molecule has 0 radical (unpaired) electrons. The number of aryl methyl sites for hydroxylation is 3. The van der Waals surface area contributed by atoms with Gasteiger partial charge in [0.05, 0.1) is 22.5 Å². The van der Waals surface area contributed by atoms with Crippen LogP contribution in [0.25, 0.3) is 0 Å². The molecule has 0 saturated heterocycles. The van der Waals surface area contributed by atoms with Crippen molar-refractivity contribution in [1.82, 2.24) is 0 Å². The summed E-state index contributed by atoms with van der Waals surface area (Å²) >= 11 is 0. The number of anilines is 3. The Labute approximate surface area is 207 Å². The zero-order valence-electron chi connectivity index (χ0n) is 20.2. The molecule has 0 spiro atoms. The normalized spacial score (nSPS) is 12.6. The minimum Gasteiger partial charge on any atom is -0.324 e. The molecular formula is C25H29N3O5S2. The van der Waals surface area contributed by atoms with E-state index in [0.717, 1.165) is 27.3 Å². The van der Waals surface area contributed by atoms with Crippen LogP contribution >= 0.6 is 0 Å². The molecular weight excluding hydrogens is 486 g/mol. The summed E-state index contributed by atoms with van der Waals surface area (Å²) in [7, 11) is -7.59. The molecule has 3 aromatic rings. The van der Waals surface area contributed by atoms with Gasteiger partial charge in [0.25, 0.3) is 10.0 Å². The van der Waals surface area contributed by atoms with Crippen LogP contribution in [0.5, 0.6) is 0 Å². The second kappa shape index (κ2) is 10.1. The average Bonchev–Trinajstić information content (AvgIpc) is 2.77. The fourth-order valence-corrected chi connectivity index (χ4v) is 5.95. The molecule has 0 saturated carbocycles. The number of nitrogens with one attached hydrogen (secondary N) is 2. The monoisotopic (exact) mass is 515 g/mol. The van der Waals surface area contributed by atoms with Gasteiger partial charge in [0.2, 0.25) is 15.9 Å². The molecule has 1 atom stereocenters. The van der Waals surface area contributed by atoms with E-state index in [-0.39, 0.29) is 4.90 Å². The van der Waals surface area contributed by atoms with Crippen molar-refractivity contribution in [2.24, 2.45) is 0 Å². The number of rotatable bonds is 8. The molecule has 0 fully saturated rings. The van der Waals surface area contributed by atoms with Gasteiger partial charge in [-0.15, -0.1) is 0 Å². The first-order chi connectivity index (χ1) is 16.3. The standard InChI is InChI=1S/C25H29N3O5S2/c1-17-10-11-19(3)24(16-17)28(34(5,30)31)20(4)25(29)26-21-12-14-22(15-13-21)35(32,33)27-23-9-7-6-8-18(23)2/h6-16,20,27H,1-5H3,(H,26,29)/t20-/m0/s1. The highest BCUT2D eigenvalue weighted by Gasteiger charge is 2.30. The molecule has 2 N–H and O–H groups in total. The molecule has 3 rings (SSSR count). The van der Waals surface area contributed by atoms with Crippen molar-refractivity contribution in [3.05, 3.63) is 83.4 Å². The maximum atomic E-state index is 13.0. The summed E-state index contributed by atoms with van der Waals surface area (Å²) < 4.78 is 54.3. The number of carbonyl (C=O) groups excluding carboxylic acids is 1. The highest BCUT2D eigenvalue weighted by molar-refractivity contribution is 7.92. The Kier molecular flexibility index (Phi) is 7.56. The Morgan fingerprint density at radius 1 is 0.857 bits per heavy atom. The Morgan fingerprint density at radius 3 is 2.09 bits per heavy atom. The molecule has 0 bridgehead atoms. The van der Waals surface area contributed by atoms with Gasteiger partial charge in [-0.1, -0.05) is 30.3 Å². The third kappa shape index (κ3) is 6.20. The lowest BCUT2D eigenvalue weighted by Gasteiger charge is -2.29. The van der Waals surface area contributed by atoms with Crippen molar-refractivity contribution in [1.29, 1.82) is 0 Å². The van der Waals surface area contributed by atoms with E-state index in [1.165, 1.54) is 31.2 Å². The van der Waals surface area contributed by atoms with Gasteiger partial charge in [-0.05, 0) is 80.8 Å². The van der Waals surface area contributed by atoms with Crippen LogP contribution in [0.4, 0.5) is 17.1 Å². The van der Waals surface area contributed by atoms with Crippen LogP contribution in [0, 0.1) is 20.8 Å². The second-order valence-corrected chi connectivity index (χ2v) is 12.0. The van der Waals surface area contributed by atoms with E-state index in [2.05, 4.69) is 10.0 Å². The summed E-state index contributed by atoms with van der Waals surface area (Å²) in [5, 5.41) is 2.68. The number of carbonyl (C=O) groups is 1. The lowest BCUT2D eigenvalue weighted by atomic mass is 10.1. The zero-order chi connectivity index (χ0) is 26.0. The van der Waals surface area contributed by atoms with Crippen molar-refractivity contribution < 1.29 is 21.6 Å². The number of nitrogens with zero attached hydrogens (tertiary/aromatic N) is 1. The van der Waals surface area contributed by atoms with Crippen LogP contribution in [0.2, 0.25) is 0 Å². The Balaban J connectivity index is 1.80. The number of para-hydroxylation sites is 1. The Morgan fingerprint density at radius 2 is 1.49 bits per heavy atom. The van der Waals surface area contributed by atoms with Gasteiger partial charge in [-0.2, -0.15) is 0 Å². The van der Waals surface area contributed by atoms with E-state index >= 15 is 0 Å². The van der Waals surface area contributed by atoms with Crippen molar-refractivity contribution in [3.63, 3.8) is 0 Å². The number of amides is 1. The SMILES string of the molecule is Cc1ccc(C)c(N([C@@H](C)C(=O)Nc2ccc(S(=O)(=O)Nc3ccccc3C)cc2)S(C)(=O)=O)c1. The minimum absolute atomic E-state index is 0.0277. The van der Waals surface area contributed by atoms with Gasteiger partial charge in [0.1, 0.15) is 6.04 Å². The smallest absolute Gasteiger partial charge is 0.261 e. The minimum atomic E-state index is -3.83. The van der Waals surface area contributed by atoms with E-state index in [4.69, 9.17) is 0 Å². The van der Waals surface area contributed by atoms with Gasteiger partial charge in [-0.3, -0.25) is 13.8 Å². The van der Waals surface area contributed by atoms with E-state index in [0.29, 0.717) is 17.1 Å². The zero-order valence-corrected chi connectivity index (χ0v) is 21.9. The first kappa shape index (κ1) is 26.2. The first-order valence-corrected chi connectivity index (χ1v) is 14.2. The molecule has 0 aliphatic carbocycles. The third-order valence-corrected chi connectivity index (χ3v) is 8.12. The van der Waals surface area contributed by atoms with E-state index in [1.54, 1.807) is 44.2 Å². The summed E-state index contributed by atoms with van der Waals surface area (Å²) in [6.07, 6.45) is 1.06. The van der Waals surface area contributed by atoms with Gasteiger partial charge in [0.15, 0.2) is 0 Å². The van der Waals surface area contributed by atoms with Crippen LogP contribution in [0.15, 0.2) is 71.6 Å². The number of hydrogen-bond donors (Lipinski definition) is 2. The van der Waals surface area contributed by atoms with E-state index in [1.807, 2.05) is 19.1 Å². The van der Waals surface area contributed by atoms with Crippen LogP contribution in [-0.2, 0) is 24.8 Å². The predicted molar refractivity (Wildman–Crippen MR) is 140 cm³/mol. The number of sulfonamides is 2. The lowest BCUT2D eigenvalue weighted by Crippen LogP contribution is -2.45. The molecule has 1 amide bonds. The fourth-order valence-electron chi connectivity index (χ4n) is 3.59. The topological polar surface area (TPSA) is 113 Å². The molecule has 0 unspecified atom stereocenters. The highest BCUT2D eigenvalue weighted by Crippen LogP contribution is 2.27. The highest BCUT2D eigenvalue weighted by atomic mass is 32.2. The van der Waals surface area contributed by atoms with Gasteiger partial charge in [-0.25, -0.2) is 16.8 Å². The van der Waals surface area contributed by atoms with Crippen molar-refractivity contribution in [3.8, 4) is 0 Å². The number of benzene rings is 3. The molecule has 0 heterocycles. The second-order valence-electron chi connectivity index (χ2n) is 8.46. The van der Waals surface area contributed by atoms with Gasteiger partial charge < -0.3 is 5.32 Å². The van der Waals surface area contributed by atoms with Crippen LogP contribution in [0.3, 0.4) is 0 Å². The summed E-state index contributed by atoms with van der Waals surface area (Å²) in [4.78, 5) is 13.0. The molecule has 10 heteroatoms. The van der Waals surface area contributed by atoms with Crippen LogP contribution in [-0.4, -0.2) is 35.0 Å². The molecule has 0 aliphatic heterocycles. The van der Waals surface area contributed by atoms with Crippen molar-refractivity contribution in [2.75, 3.05) is 20.6 Å². The van der Waals surface area contributed by atoms with Crippen LogP contribution in [0.1, 0.15) is 23.6 Å². The van der Waals surface area contributed by atoms with Crippen LogP contribution < -0.4 is 14.3 Å².